The summed E-state index contributed by atoms with van der Waals surface area (Å²) in [7, 11) is 1.69. The summed E-state index contributed by atoms with van der Waals surface area (Å²) in [5.41, 5.74) is 0.813. The maximum atomic E-state index is 13.2. The molecule has 0 bridgehead atoms. The Morgan fingerprint density at radius 1 is 1.16 bits per heavy atom. The number of ether oxygens (including phenoxy) is 1. The van der Waals surface area contributed by atoms with Crippen molar-refractivity contribution in [3.05, 3.63) is 34.6 Å². The molecule has 1 amide bonds. The van der Waals surface area contributed by atoms with Crippen LogP contribution in [0.25, 0.3) is 11.4 Å². The minimum Gasteiger partial charge on any atom is -0.406 e. The summed E-state index contributed by atoms with van der Waals surface area (Å²) in [6.45, 7) is 3.66. The molecule has 2 aromatic rings. The molecule has 0 radical (unpaired) electrons. The number of hydrogen-bond acceptors (Lipinski definition) is 4. The van der Waals surface area contributed by atoms with Gasteiger partial charge in [-0.05, 0) is 66.8 Å². The Balaban J connectivity index is 1.51. The first kappa shape index (κ1) is 22.1. The van der Waals surface area contributed by atoms with E-state index in [2.05, 4.69) is 30.6 Å². The van der Waals surface area contributed by atoms with E-state index in [9.17, 15) is 18.0 Å². The molecule has 2 aliphatic heterocycles. The lowest BCUT2D eigenvalue weighted by Crippen LogP contribution is -2.46. The number of rotatable bonds is 4. The lowest BCUT2D eigenvalue weighted by atomic mass is 10.0. The van der Waals surface area contributed by atoms with Crippen molar-refractivity contribution in [3.63, 3.8) is 0 Å². The van der Waals surface area contributed by atoms with E-state index in [0.717, 1.165) is 25.9 Å². The zero-order valence-electron chi connectivity index (χ0n) is 17.2. The molecule has 10 heteroatoms. The standard InChI is InChI=1S/C21H24BrF3N4O2/c1-27-17(20(30)29-11-7-15(8-12-29)28-9-2-3-10-28)18(22)26-19(27)14-5-4-6-16(13-14)31-21(23,24)25/h4-6,13,15H,2-3,7-12H2,1H3. The second kappa shape index (κ2) is 8.82. The first-order valence-corrected chi connectivity index (χ1v) is 11.1. The number of carbonyl (C=O) groups excluding carboxylic acids is 1. The maximum absolute atomic E-state index is 13.2. The minimum atomic E-state index is -4.77. The van der Waals surface area contributed by atoms with Crippen LogP contribution < -0.4 is 4.74 Å². The Bertz CT molecular complexity index is 949. The molecule has 3 heterocycles. The van der Waals surface area contributed by atoms with Gasteiger partial charge in [-0.15, -0.1) is 13.2 Å². The monoisotopic (exact) mass is 500 g/mol. The summed E-state index contributed by atoms with van der Waals surface area (Å²) in [5.74, 6) is -0.0773. The van der Waals surface area contributed by atoms with Gasteiger partial charge in [0, 0.05) is 31.7 Å². The predicted molar refractivity (Wildman–Crippen MR) is 113 cm³/mol. The average Bonchev–Trinajstić information content (AvgIpc) is 3.35. The fraction of sp³-hybridized carbons (Fsp3) is 0.524. The molecule has 2 fully saturated rings. The third kappa shape index (κ3) is 4.90. The summed E-state index contributed by atoms with van der Waals surface area (Å²) >= 11 is 3.37. The van der Waals surface area contributed by atoms with Crippen molar-refractivity contribution in [3.8, 4) is 17.1 Å². The molecule has 168 valence electrons. The van der Waals surface area contributed by atoms with Gasteiger partial charge in [0.2, 0.25) is 0 Å². The van der Waals surface area contributed by atoms with Gasteiger partial charge in [0.1, 0.15) is 21.9 Å². The number of hydrogen-bond donors (Lipinski definition) is 0. The summed E-state index contributed by atoms with van der Waals surface area (Å²) in [4.78, 5) is 22.0. The quantitative estimate of drug-likeness (QED) is 0.622. The molecule has 6 nitrogen and oxygen atoms in total. The van der Waals surface area contributed by atoms with E-state index in [-0.39, 0.29) is 11.7 Å². The number of alkyl halides is 3. The Labute approximate surface area is 187 Å². The molecule has 2 saturated heterocycles. The lowest BCUT2D eigenvalue weighted by Gasteiger charge is -2.36. The van der Waals surface area contributed by atoms with Crippen LogP contribution in [-0.4, -0.2) is 63.8 Å². The summed E-state index contributed by atoms with van der Waals surface area (Å²) in [5, 5.41) is 0. The van der Waals surface area contributed by atoms with Crippen LogP contribution in [0.2, 0.25) is 0 Å². The molecule has 31 heavy (non-hydrogen) atoms. The van der Waals surface area contributed by atoms with E-state index < -0.39 is 6.36 Å². The number of likely N-dealkylation sites (tertiary alicyclic amines) is 2. The highest BCUT2D eigenvalue weighted by Gasteiger charge is 2.33. The van der Waals surface area contributed by atoms with E-state index >= 15 is 0 Å². The molecule has 1 aromatic carbocycles. The second-order valence-electron chi connectivity index (χ2n) is 7.98. The lowest BCUT2D eigenvalue weighted by molar-refractivity contribution is -0.274. The minimum absolute atomic E-state index is 0.129. The topological polar surface area (TPSA) is 50.6 Å². The van der Waals surface area contributed by atoms with Crippen molar-refractivity contribution >= 4 is 21.8 Å². The van der Waals surface area contributed by atoms with E-state index in [1.165, 1.54) is 31.0 Å². The maximum Gasteiger partial charge on any atom is 0.573 e. The second-order valence-corrected chi connectivity index (χ2v) is 8.73. The van der Waals surface area contributed by atoms with Gasteiger partial charge in [-0.3, -0.25) is 4.79 Å². The zero-order chi connectivity index (χ0) is 22.2. The number of piperidine rings is 1. The van der Waals surface area contributed by atoms with Crippen LogP contribution >= 0.6 is 15.9 Å². The summed E-state index contributed by atoms with van der Waals surface area (Å²) in [6, 6.07) is 6.12. The van der Waals surface area contributed by atoms with Crippen LogP contribution in [0.5, 0.6) is 5.75 Å². The van der Waals surface area contributed by atoms with Gasteiger partial charge in [-0.2, -0.15) is 0 Å². The first-order chi connectivity index (χ1) is 14.7. The molecule has 0 aliphatic carbocycles. The number of aromatic nitrogens is 2. The molecule has 0 unspecified atom stereocenters. The van der Waals surface area contributed by atoms with Gasteiger partial charge in [0.25, 0.3) is 5.91 Å². The van der Waals surface area contributed by atoms with Gasteiger partial charge in [-0.25, -0.2) is 4.98 Å². The van der Waals surface area contributed by atoms with Gasteiger partial charge in [0.15, 0.2) is 0 Å². The molecule has 4 rings (SSSR count). The fourth-order valence-electron chi connectivity index (χ4n) is 4.48. The molecule has 0 saturated carbocycles. The van der Waals surface area contributed by atoms with E-state index in [1.54, 1.807) is 17.7 Å². The third-order valence-corrected chi connectivity index (χ3v) is 6.54. The average molecular weight is 501 g/mol. The smallest absolute Gasteiger partial charge is 0.406 e. The van der Waals surface area contributed by atoms with Gasteiger partial charge in [-0.1, -0.05) is 12.1 Å². The van der Waals surface area contributed by atoms with E-state index in [1.807, 2.05) is 4.90 Å². The van der Waals surface area contributed by atoms with Crippen molar-refractivity contribution in [2.45, 2.75) is 38.1 Å². The molecule has 0 spiro atoms. The SMILES string of the molecule is Cn1c(-c2cccc(OC(F)(F)F)c2)nc(Br)c1C(=O)N1CCC(N2CCCC2)CC1. The number of benzene rings is 1. The van der Waals surface area contributed by atoms with Crippen molar-refractivity contribution in [1.29, 1.82) is 0 Å². The van der Waals surface area contributed by atoms with Gasteiger partial charge < -0.3 is 19.1 Å². The number of imidazole rings is 1. The van der Waals surface area contributed by atoms with Crippen LogP contribution in [-0.2, 0) is 7.05 Å². The molecule has 1 aromatic heterocycles. The Hall–Kier alpha value is -2.07. The molecule has 2 aliphatic rings. The molecular formula is C21H24BrF3N4O2. The molecular weight excluding hydrogens is 477 g/mol. The first-order valence-electron chi connectivity index (χ1n) is 10.3. The van der Waals surface area contributed by atoms with Crippen LogP contribution in [0.1, 0.15) is 36.2 Å². The van der Waals surface area contributed by atoms with E-state index in [0.29, 0.717) is 40.8 Å². The third-order valence-electron chi connectivity index (χ3n) is 5.99. The van der Waals surface area contributed by atoms with Crippen LogP contribution in [0.4, 0.5) is 13.2 Å². The predicted octanol–water partition coefficient (Wildman–Crippen LogP) is 4.45. The van der Waals surface area contributed by atoms with Crippen molar-refractivity contribution < 1.29 is 22.7 Å². The number of carbonyl (C=O) groups is 1. The Morgan fingerprint density at radius 3 is 2.48 bits per heavy atom. The Morgan fingerprint density at radius 2 is 1.84 bits per heavy atom. The van der Waals surface area contributed by atoms with Crippen molar-refractivity contribution in [2.75, 3.05) is 26.2 Å². The highest BCUT2D eigenvalue weighted by atomic mass is 79.9. The number of nitrogens with zero attached hydrogens (tertiary/aromatic N) is 4. The fourth-order valence-corrected chi connectivity index (χ4v) is 5.08. The van der Waals surface area contributed by atoms with E-state index in [4.69, 9.17) is 0 Å². The molecule has 0 atom stereocenters. The van der Waals surface area contributed by atoms with Crippen LogP contribution in [0.15, 0.2) is 28.9 Å². The number of halogens is 4. The highest BCUT2D eigenvalue weighted by Crippen LogP contribution is 2.31. The van der Waals surface area contributed by atoms with Gasteiger partial charge >= 0.3 is 6.36 Å². The normalized spacial score (nSPS) is 18.5. The Kier molecular flexibility index (Phi) is 6.30. The highest BCUT2D eigenvalue weighted by molar-refractivity contribution is 9.10. The molecule has 0 N–H and O–H groups in total. The van der Waals surface area contributed by atoms with Crippen LogP contribution in [0.3, 0.4) is 0 Å². The summed E-state index contributed by atoms with van der Waals surface area (Å²) in [6.07, 6.45) is -0.378. The number of amides is 1. The van der Waals surface area contributed by atoms with Crippen LogP contribution in [0, 0.1) is 0 Å². The van der Waals surface area contributed by atoms with Crippen molar-refractivity contribution in [1.82, 2.24) is 19.4 Å². The zero-order valence-corrected chi connectivity index (χ0v) is 18.7. The summed E-state index contributed by atoms with van der Waals surface area (Å²) < 4.78 is 43.7. The van der Waals surface area contributed by atoms with Crippen molar-refractivity contribution in [2.24, 2.45) is 7.05 Å². The van der Waals surface area contributed by atoms with Gasteiger partial charge in [0.05, 0.1) is 0 Å². The largest absolute Gasteiger partial charge is 0.573 e.